The Hall–Kier alpha value is -1.77. The Morgan fingerprint density at radius 3 is 2.44 bits per heavy atom. The molecule has 8 heteroatoms. The molecule has 0 saturated carbocycles. The molecule has 0 saturated heterocycles. The van der Waals surface area contributed by atoms with E-state index in [0.717, 1.165) is 11.3 Å². The predicted molar refractivity (Wildman–Crippen MR) is 100 cm³/mol. The first-order valence-electron chi connectivity index (χ1n) is 8.04. The van der Waals surface area contributed by atoms with E-state index < -0.39 is 15.9 Å². The fourth-order valence-electron chi connectivity index (χ4n) is 2.24. The third kappa shape index (κ3) is 4.87. The Balaban J connectivity index is 2.23. The highest BCUT2D eigenvalue weighted by Gasteiger charge is 2.30. The quantitative estimate of drug-likeness (QED) is 0.799. The third-order valence-electron chi connectivity index (χ3n) is 3.87. The lowest BCUT2D eigenvalue weighted by Crippen LogP contribution is -2.43. The number of carbonyl (C=O) groups excluding carboxylic acids is 1. The number of sulfonamides is 1. The molecule has 1 aromatic carbocycles. The summed E-state index contributed by atoms with van der Waals surface area (Å²) in [7, 11) is -3.76. The molecule has 0 unspecified atom stereocenters. The van der Waals surface area contributed by atoms with Crippen LogP contribution in [0.25, 0.3) is 0 Å². The number of hydrogen-bond acceptors (Lipinski definition) is 5. The summed E-state index contributed by atoms with van der Waals surface area (Å²) in [6.45, 7) is 7.17. The maximum Gasteiger partial charge on any atom is 0.243 e. The van der Waals surface area contributed by atoms with E-state index in [1.807, 2.05) is 26.2 Å². The van der Waals surface area contributed by atoms with Gasteiger partial charge in [-0.25, -0.2) is 13.4 Å². The van der Waals surface area contributed by atoms with Crippen molar-refractivity contribution in [3.63, 3.8) is 0 Å². The molecule has 25 heavy (non-hydrogen) atoms. The number of aromatic nitrogens is 1. The molecular weight excluding hydrogens is 358 g/mol. The molecule has 136 valence electrons. The van der Waals surface area contributed by atoms with Crippen molar-refractivity contribution in [1.82, 2.24) is 9.29 Å². The Kier molecular flexibility index (Phi) is 6.31. The Morgan fingerprint density at radius 1 is 1.28 bits per heavy atom. The van der Waals surface area contributed by atoms with E-state index in [9.17, 15) is 13.2 Å². The normalized spacial score (nSPS) is 13.0. The highest BCUT2D eigenvalue weighted by atomic mass is 32.2. The molecule has 0 aliphatic carbocycles. The molecule has 0 fully saturated rings. The van der Waals surface area contributed by atoms with E-state index in [1.54, 1.807) is 31.2 Å². The molecule has 0 radical (unpaired) electrons. The molecule has 1 N–H and O–H groups in total. The zero-order chi connectivity index (χ0) is 18.6. The summed E-state index contributed by atoms with van der Waals surface area (Å²) in [6, 6.07) is 6.35. The van der Waals surface area contributed by atoms with Crippen molar-refractivity contribution < 1.29 is 13.2 Å². The van der Waals surface area contributed by atoms with Crippen LogP contribution >= 0.6 is 11.3 Å². The third-order valence-corrected chi connectivity index (χ3v) is 6.72. The van der Waals surface area contributed by atoms with Crippen LogP contribution in [0.5, 0.6) is 0 Å². The van der Waals surface area contributed by atoms with Crippen LogP contribution in [0, 0.1) is 13.8 Å². The molecule has 0 aliphatic heterocycles. The minimum Gasteiger partial charge on any atom is -0.301 e. The summed E-state index contributed by atoms with van der Waals surface area (Å²) in [5.74, 6) is -0.398. The van der Waals surface area contributed by atoms with Gasteiger partial charge in [-0.2, -0.15) is 4.31 Å². The zero-order valence-corrected chi connectivity index (χ0v) is 16.4. The molecular formula is C17H23N3O3S2. The summed E-state index contributed by atoms with van der Waals surface area (Å²) in [6.07, 6.45) is 0.606. The second-order valence-electron chi connectivity index (χ2n) is 5.96. The van der Waals surface area contributed by atoms with Crippen LogP contribution < -0.4 is 5.32 Å². The molecule has 2 aromatic rings. The first-order chi connectivity index (χ1) is 11.7. The van der Waals surface area contributed by atoms with Gasteiger partial charge in [0.25, 0.3) is 0 Å². The van der Waals surface area contributed by atoms with Gasteiger partial charge >= 0.3 is 0 Å². The van der Waals surface area contributed by atoms with E-state index >= 15 is 0 Å². The minimum absolute atomic E-state index is 0.191. The number of nitrogens with zero attached hydrogens (tertiary/aromatic N) is 2. The molecule has 0 aliphatic rings. The van der Waals surface area contributed by atoms with Crippen molar-refractivity contribution in [3.8, 4) is 0 Å². The lowest BCUT2D eigenvalue weighted by atomic mass is 10.2. The monoisotopic (exact) mass is 381 g/mol. The van der Waals surface area contributed by atoms with Gasteiger partial charge in [0.1, 0.15) is 0 Å². The number of aryl methyl sites for hydroxylation is 2. The second kappa shape index (κ2) is 8.07. The average molecular weight is 382 g/mol. The minimum atomic E-state index is -3.76. The summed E-state index contributed by atoms with van der Waals surface area (Å²) in [5.41, 5.74) is 1.79. The number of nitrogens with one attached hydrogen (secondary N) is 1. The number of hydrogen-bond donors (Lipinski definition) is 1. The average Bonchev–Trinajstić information content (AvgIpc) is 2.97. The van der Waals surface area contributed by atoms with Gasteiger partial charge in [0.05, 0.1) is 17.1 Å². The highest BCUT2D eigenvalue weighted by Crippen LogP contribution is 2.21. The number of thiazole rings is 1. The van der Waals surface area contributed by atoms with Gasteiger partial charge in [0, 0.05) is 11.4 Å². The fraction of sp³-hybridized carbons (Fsp3) is 0.412. The SMILES string of the molecule is CC[C@H](C)N(CC(=O)Nc1nc(C)cs1)S(=O)(=O)c1ccc(C)cc1. The van der Waals surface area contributed by atoms with E-state index in [2.05, 4.69) is 10.3 Å². The van der Waals surface area contributed by atoms with Crippen molar-refractivity contribution in [1.29, 1.82) is 0 Å². The zero-order valence-electron chi connectivity index (χ0n) is 14.8. The molecule has 1 amide bonds. The van der Waals surface area contributed by atoms with Crippen LogP contribution in [-0.2, 0) is 14.8 Å². The second-order valence-corrected chi connectivity index (χ2v) is 8.71. The van der Waals surface area contributed by atoms with Gasteiger partial charge in [0.15, 0.2) is 5.13 Å². The van der Waals surface area contributed by atoms with Gasteiger partial charge in [-0.3, -0.25) is 4.79 Å². The van der Waals surface area contributed by atoms with Crippen LogP contribution in [0.1, 0.15) is 31.5 Å². The predicted octanol–water partition coefficient (Wildman–Crippen LogP) is 3.19. The number of amides is 1. The van der Waals surface area contributed by atoms with Crippen molar-refractivity contribution in [2.45, 2.75) is 45.1 Å². The van der Waals surface area contributed by atoms with Crippen LogP contribution in [0.4, 0.5) is 5.13 Å². The summed E-state index contributed by atoms with van der Waals surface area (Å²) >= 11 is 1.31. The van der Waals surface area contributed by atoms with E-state index in [0.29, 0.717) is 11.6 Å². The van der Waals surface area contributed by atoms with E-state index in [1.165, 1.54) is 15.6 Å². The molecule has 1 heterocycles. The van der Waals surface area contributed by atoms with Crippen molar-refractivity contribution in [3.05, 3.63) is 40.9 Å². The van der Waals surface area contributed by atoms with Gasteiger partial charge in [-0.1, -0.05) is 24.6 Å². The van der Waals surface area contributed by atoms with Crippen LogP contribution in [0.15, 0.2) is 34.5 Å². The first-order valence-corrected chi connectivity index (χ1v) is 10.4. The van der Waals surface area contributed by atoms with Crippen molar-refractivity contribution in [2.75, 3.05) is 11.9 Å². The van der Waals surface area contributed by atoms with Crippen LogP contribution in [-0.4, -0.2) is 36.2 Å². The smallest absolute Gasteiger partial charge is 0.243 e. The van der Waals surface area contributed by atoms with Gasteiger partial charge < -0.3 is 5.32 Å². The van der Waals surface area contributed by atoms with E-state index in [-0.39, 0.29) is 17.5 Å². The van der Waals surface area contributed by atoms with Gasteiger partial charge in [0.2, 0.25) is 15.9 Å². The lowest BCUT2D eigenvalue weighted by Gasteiger charge is -2.27. The maximum atomic E-state index is 13.0. The Morgan fingerprint density at radius 2 is 1.92 bits per heavy atom. The van der Waals surface area contributed by atoms with Crippen LogP contribution in [0.2, 0.25) is 0 Å². The molecule has 1 atom stereocenters. The topological polar surface area (TPSA) is 79.4 Å². The summed E-state index contributed by atoms with van der Waals surface area (Å²) < 4.78 is 27.2. The van der Waals surface area contributed by atoms with Crippen molar-refractivity contribution in [2.24, 2.45) is 0 Å². The van der Waals surface area contributed by atoms with Gasteiger partial charge in [-0.15, -0.1) is 11.3 Å². The van der Waals surface area contributed by atoms with Gasteiger partial charge in [-0.05, 0) is 39.3 Å². The first kappa shape index (κ1) is 19.6. The molecule has 2 rings (SSSR count). The number of carbonyl (C=O) groups is 1. The summed E-state index contributed by atoms with van der Waals surface area (Å²) in [4.78, 5) is 16.7. The summed E-state index contributed by atoms with van der Waals surface area (Å²) in [5, 5.41) is 4.96. The molecule has 6 nitrogen and oxygen atoms in total. The molecule has 1 aromatic heterocycles. The lowest BCUT2D eigenvalue weighted by molar-refractivity contribution is -0.116. The Labute approximate surface area is 153 Å². The molecule has 0 spiro atoms. The standard InChI is InChI=1S/C17H23N3O3S2/c1-5-14(4)20(10-16(21)19-17-18-13(3)11-24-17)25(22,23)15-8-6-12(2)7-9-15/h6-9,11,14H,5,10H2,1-4H3,(H,18,19,21)/t14-/m0/s1. The number of benzene rings is 1. The van der Waals surface area contributed by atoms with Crippen LogP contribution in [0.3, 0.4) is 0 Å². The van der Waals surface area contributed by atoms with Crippen molar-refractivity contribution >= 4 is 32.4 Å². The van der Waals surface area contributed by atoms with E-state index in [4.69, 9.17) is 0 Å². The Bertz CT molecular complexity index is 829. The highest BCUT2D eigenvalue weighted by molar-refractivity contribution is 7.89. The fourth-order valence-corrected chi connectivity index (χ4v) is 4.60. The molecule has 0 bridgehead atoms. The largest absolute Gasteiger partial charge is 0.301 e. The maximum absolute atomic E-state index is 13.0. The number of rotatable bonds is 7. The number of anilines is 1.